The van der Waals surface area contributed by atoms with Gasteiger partial charge in [0.05, 0.1) is 7.11 Å². The van der Waals surface area contributed by atoms with E-state index in [1.165, 1.54) is 19.2 Å². The molecule has 7 atom stereocenters. The second-order valence-electron chi connectivity index (χ2n) is 13.9. The number of aliphatic hydroxyl groups is 2. The third-order valence-corrected chi connectivity index (χ3v) is 7.91. The molecule has 280 valence electrons. The van der Waals surface area contributed by atoms with Crippen LogP contribution in [0.5, 0.6) is 5.75 Å². The van der Waals surface area contributed by atoms with Crippen molar-refractivity contribution in [3.63, 3.8) is 0 Å². The minimum atomic E-state index is -1.72. The molecule has 1 aliphatic rings. The Hall–Kier alpha value is -4.73. The Morgan fingerprint density at radius 3 is 1.96 bits per heavy atom. The van der Waals surface area contributed by atoms with Crippen molar-refractivity contribution < 1.29 is 53.5 Å². The Morgan fingerprint density at radius 1 is 0.804 bits per heavy atom. The van der Waals surface area contributed by atoms with Crippen molar-refractivity contribution in [2.24, 2.45) is 5.92 Å². The van der Waals surface area contributed by atoms with Crippen LogP contribution in [0.15, 0.2) is 54.6 Å². The molecule has 15 nitrogen and oxygen atoms in total. The maximum atomic E-state index is 13.5. The molecular formula is C36H50N4O11. The van der Waals surface area contributed by atoms with E-state index in [1.807, 2.05) is 13.8 Å². The molecule has 3 rings (SSSR count). The Kier molecular flexibility index (Phi) is 14.8. The molecule has 1 heterocycles. The van der Waals surface area contributed by atoms with Crippen LogP contribution < -0.4 is 21.3 Å². The molecule has 1 saturated heterocycles. The maximum Gasteiger partial charge on any atom is 0.408 e. The SMILES string of the molecule is COC(=O)[C@H](CC(C)C)NC(=O)[C@H](Cc1ccccc1)NC(=O)[C@@H]1O[C@@H](CNC(=O)[C@H](Cc2ccc(O)cc2)NC(=O)OC(C)(C)C)[C@@H](O)[C@@H]1O. The van der Waals surface area contributed by atoms with Gasteiger partial charge in [0.1, 0.15) is 47.8 Å². The average molecular weight is 715 g/mol. The lowest BCUT2D eigenvalue weighted by molar-refractivity contribution is -0.146. The monoisotopic (exact) mass is 714 g/mol. The van der Waals surface area contributed by atoms with Crippen molar-refractivity contribution in [1.82, 2.24) is 21.3 Å². The van der Waals surface area contributed by atoms with Crippen LogP contribution >= 0.6 is 0 Å². The number of methoxy groups -OCH3 is 1. The fourth-order valence-corrected chi connectivity index (χ4v) is 5.40. The molecule has 4 amide bonds. The number of aliphatic hydroxyl groups excluding tert-OH is 2. The zero-order chi connectivity index (χ0) is 37.9. The molecule has 51 heavy (non-hydrogen) atoms. The van der Waals surface area contributed by atoms with Crippen LogP contribution in [0.4, 0.5) is 4.79 Å². The largest absolute Gasteiger partial charge is 0.508 e. The zero-order valence-corrected chi connectivity index (χ0v) is 29.8. The quantitative estimate of drug-likeness (QED) is 0.128. The van der Waals surface area contributed by atoms with E-state index < -0.39 is 77.9 Å². The summed E-state index contributed by atoms with van der Waals surface area (Å²) < 4.78 is 15.9. The Morgan fingerprint density at radius 2 is 1.39 bits per heavy atom. The first-order chi connectivity index (χ1) is 24.0. The second kappa shape index (κ2) is 18.5. The number of hydrogen-bond donors (Lipinski definition) is 7. The number of aromatic hydroxyl groups is 1. The summed E-state index contributed by atoms with van der Waals surface area (Å²) in [5, 5.41) is 41.6. The molecule has 15 heteroatoms. The van der Waals surface area contributed by atoms with E-state index in [0.717, 1.165) is 0 Å². The van der Waals surface area contributed by atoms with Gasteiger partial charge in [-0.1, -0.05) is 56.3 Å². The van der Waals surface area contributed by atoms with Gasteiger partial charge in [-0.05, 0) is 56.4 Å². The van der Waals surface area contributed by atoms with Crippen LogP contribution in [0.25, 0.3) is 0 Å². The highest BCUT2D eigenvalue weighted by molar-refractivity contribution is 5.92. The number of amides is 4. The summed E-state index contributed by atoms with van der Waals surface area (Å²) in [6.45, 7) is 8.40. The van der Waals surface area contributed by atoms with Crippen molar-refractivity contribution >= 4 is 29.8 Å². The van der Waals surface area contributed by atoms with E-state index in [0.29, 0.717) is 11.1 Å². The van der Waals surface area contributed by atoms with Crippen molar-refractivity contribution in [2.75, 3.05) is 13.7 Å². The van der Waals surface area contributed by atoms with Gasteiger partial charge < -0.3 is 50.8 Å². The standard InChI is InChI=1S/C36H50N4O11/c1-20(2)16-26(34(47)49-6)39-32(45)25(17-21-10-8-7-9-11-21)38-33(46)30-29(43)28(42)27(50-30)19-37-31(44)24(40-35(48)51-36(3,4)5)18-22-12-14-23(41)15-13-22/h7-15,20,24-30,41-43H,16-19H2,1-6H3,(H,37,44)(H,38,46)(H,39,45)(H,40,48)/t24-,25-,26-,27-,28+,29-,30+/m0/s1. The Bertz CT molecular complexity index is 1480. The first-order valence-electron chi connectivity index (χ1n) is 16.8. The topological polar surface area (TPSA) is 222 Å². The van der Waals surface area contributed by atoms with Crippen molar-refractivity contribution in [2.45, 2.75) is 102 Å². The third-order valence-electron chi connectivity index (χ3n) is 7.91. The molecule has 1 aliphatic heterocycles. The number of rotatable bonds is 15. The lowest BCUT2D eigenvalue weighted by atomic mass is 10.0. The van der Waals surface area contributed by atoms with Crippen LogP contribution in [0.3, 0.4) is 0 Å². The summed E-state index contributed by atoms with van der Waals surface area (Å²) >= 11 is 0. The number of phenolic OH excluding ortho intramolecular Hbond substituents is 1. The van der Waals surface area contributed by atoms with Gasteiger partial charge >= 0.3 is 12.1 Å². The summed E-state index contributed by atoms with van der Waals surface area (Å²) in [6, 6.07) is 11.6. The van der Waals surface area contributed by atoms with Gasteiger partial charge in [-0.15, -0.1) is 0 Å². The number of phenols is 1. The summed E-state index contributed by atoms with van der Waals surface area (Å²) in [6.07, 6.45) is -6.69. The van der Waals surface area contributed by atoms with E-state index in [1.54, 1.807) is 63.2 Å². The lowest BCUT2D eigenvalue weighted by Gasteiger charge is -2.25. The highest BCUT2D eigenvalue weighted by Crippen LogP contribution is 2.22. The molecule has 7 N–H and O–H groups in total. The molecule has 2 aromatic carbocycles. The van der Waals surface area contributed by atoms with E-state index in [9.17, 15) is 39.3 Å². The number of esters is 1. The number of nitrogens with one attached hydrogen (secondary N) is 4. The Balaban J connectivity index is 1.71. The van der Waals surface area contributed by atoms with Crippen LogP contribution in [0.2, 0.25) is 0 Å². The van der Waals surface area contributed by atoms with Gasteiger partial charge in [-0.2, -0.15) is 0 Å². The van der Waals surface area contributed by atoms with Crippen LogP contribution in [0.1, 0.15) is 52.2 Å². The lowest BCUT2D eigenvalue weighted by Crippen LogP contribution is -2.55. The summed E-state index contributed by atoms with van der Waals surface area (Å²) in [7, 11) is 1.21. The predicted octanol–water partition coefficient (Wildman–Crippen LogP) is 0.865. The number of carbonyl (C=O) groups is 5. The first kappa shape index (κ1) is 40.7. The molecule has 0 aliphatic carbocycles. The van der Waals surface area contributed by atoms with Gasteiger partial charge in [0.15, 0.2) is 6.10 Å². The van der Waals surface area contributed by atoms with Gasteiger partial charge in [-0.25, -0.2) is 9.59 Å². The van der Waals surface area contributed by atoms with Crippen LogP contribution in [-0.2, 0) is 46.2 Å². The molecule has 0 bridgehead atoms. The third kappa shape index (κ3) is 12.8. The molecule has 0 radical (unpaired) electrons. The second-order valence-corrected chi connectivity index (χ2v) is 13.9. The minimum Gasteiger partial charge on any atom is -0.508 e. The van der Waals surface area contributed by atoms with Crippen molar-refractivity contribution in [3.8, 4) is 5.75 Å². The molecule has 0 spiro atoms. The molecular weight excluding hydrogens is 664 g/mol. The van der Waals surface area contributed by atoms with Crippen molar-refractivity contribution in [1.29, 1.82) is 0 Å². The van der Waals surface area contributed by atoms with E-state index in [2.05, 4.69) is 21.3 Å². The van der Waals surface area contributed by atoms with Gasteiger partial charge in [0, 0.05) is 19.4 Å². The fourth-order valence-electron chi connectivity index (χ4n) is 5.40. The number of carbonyl (C=O) groups excluding carboxylic acids is 5. The van der Waals surface area contributed by atoms with E-state index >= 15 is 0 Å². The molecule has 0 saturated carbocycles. The fraction of sp³-hybridized carbons (Fsp3) is 0.528. The normalized spacial score (nSPS) is 20.4. The highest BCUT2D eigenvalue weighted by atomic mass is 16.6. The Labute approximate surface area is 297 Å². The van der Waals surface area contributed by atoms with Gasteiger partial charge in [-0.3, -0.25) is 14.4 Å². The number of benzene rings is 2. The van der Waals surface area contributed by atoms with Crippen LogP contribution in [-0.4, -0.2) is 107 Å². The van der Waals surface area contributed by atoms with Gasteiger partial charge in [0.2, 0.25) is 11.8 Å². The molecule has 0 aromatic heterocycles. The number of alkyl carbamates (subject to hydrolysis) is 1. The average Bonchev–Trinajstić information content (AvgIpc) is 3.35. The van der Waals surface area contributed by atoms with E-state index in [-0.39, 0.29) is 37.5 Å². The molecule has 1 fully saturated rings. The predicted molar refractivity (Wildman–Crippen MR) is 184 cm³/mol. The summed E-state index contributed by atoms with van der Waals surface area (Å²) in [4.78, 5) is 65.2. The summed E-state index contributed by atoms with van der Waals surface area (Å²) in [5.74, 6) is -2.83. The van der Waals surface area contributed by atoms with Gasteiger partial charge in [0.25, 0.3) is 5.91 Å². The molecule has 2 aromatic rings. The molecule has 0 unspecified atom stereocenters. The highest BCUT2D eigenvalue weighted by Gasteiger charge is 2.47. The number of ether oxygens (including phenoxy) is 3. The van der Waals surface area contributed by atoms with Crippen LogP contribution in [0, 0.1) is 5.92 Å². The smallest absolute Gasteiger partial charge is 0.408 e. The minimum absolute atomic E-state index is 0.0198. The zero-order valence-electron chi connectivity index (χ0n) is 29.8. The summed E-state index contributed by atoms with van der Waals surface area (Å²) in [5.41, 5.74) is 0.478. The van der Waals surface area contributed by atoms with Crippen molar-refractivity contribution in [3.05, 3.63) is 65.7 Å². The maximum absolute atomic E-state index is 13.5. The number of hydrogen-bond acceptors (Lipinski definition) is 11. The van der Waals surface area contributed by atoms with E-state index in [4.69, 9.17) is 14.2 Å². The first-order valence-corrected chi connectivity index (χ1v) is 16.8.